The molecule has 40 heavy (non-hydrogen) atoms. The standard InChI is InChI=1S/C27H21ClFN3O7S/c1-2-38-22-11-17(10-21(28)25(22)39-15-16-6-8-20(9-7-16)32(36)37)12-23-26(34)31(27(35)40-23)14-24(33)30-19-5-3-4-18(29)13-19/h3-13H,2,14-15H2,1H3,(H,30,33)/b23-12+. The molecule has 1 fully saturated rings. The number of rotatable bonds is 10. The average molecular weight is 586 g/mol. The number of non-ortho nitro benzene ring substituents is 1. The lowest BCUT2D eigenvalue weighted by atomic mass is 10.1. The number of hydrogen-bond acceptors (Lipinski definition) is 8. The minimum Gasteiger partial charge on any atom is -0.490 e. The number of carbonyl (C=O) groups excluding carboxylic acids is 3. The molecule has 0 bridgehead atoms. The van der Waals surface area contributed by atoms with Crippen LogP contribution in [0.4, 0.5) is 20.6 Å². The van der Waals surface area contributed by atoms with Crippen LogP contribution in [-0.4, -0.2) is 40.0 Å². The number of thioether (sulfide) groups is 1. The molecule has 3 aromatic carbocycles. The summed E-state index contributed by atoms with van der Waals surface area (Å²) < 4.78 is 24.9. The number of benzene rings is 3. The molecule has 0 radical (unpaired) electrons. The Kier molecular flexibility index (Phi) is 9.02. The topological polar surface area (TPSA) is 128 Å². The molecule has 0 spiro atoms. The number of nitrogens with zero attached hydrogens (tertiary/aromatic N) is 2. The second-order valence-electron chi connectivity index (χ2n) is 8.30. The van der Waals surface area contributed by atoms with Gasteiger partial charge >= 0.3 is 0 Å². The quantitative estimate of drug-likeness (QED) is 0.173. The Bertz CT molecular complexity index is 1510. The van der Waals surface area contributed by atoms with Gasteiger partial charge in [-0.05, 0) is 78.4 Å². The van der Waals surface area contributed by atoms with Crippen LogP contribution in [0.2, 0.25) is 5.02 Å². The van der Waals surface area contributed by atoms with Gasteiger partial charge in [0.05, 0.1) is 21.5 Å². The first-order valence-electron chi connectivity index (χ1n) is 11.8. The molecule has 1 aliphatic heterocycles. The zero-order valence-electron chi connectivity index (χ0n) is 20.9. The monoisotopic (exact) mass is 585 g/mol. The van der Waals surface area contributed by atoms with E-state index in [0.29, 0.717) is 22.9 Å². The number of nitrogens with one attached hydrogen (secondary N) is 1. The maximum Gasteiger partial charge on any atom is 0.294 e. The maximum absolute atomic E-state index is 13.4. The largest absolute Gasteiger partial charge is 0.490 e. The van der Waals surface area contributed by atoms with Gasteiger partial charge in [-0.3, -0.25) is 29.4 Å². The Morgan fingerprint density at radius 1 is 1.15 bits per heavy atom. The van der Waals surface area contributed by atoms with E-state index in [4.69, 9.17) is 21.1 Å². The molecular weight excluding hydrogens is 565 g/mol. The van der Waals surface area contributed by atoms with Crippen molar-refractivity contribution in [3.05, 3.63) is 97.6 Å². The highest BCUT2D eigenvalue weighted by atomic mass is 35.5. The van der Waals surface area contributed by atoms with Gasteiger partial charge in [-0.15, -0.1) is 0 Å². The fraction of sp³-hybridized carbons (Fsp3) is 0.148. The molecule has 13 heteroatoms. The highest BCUT2D eigenvalue weighted by Crippen LogP contribution is 2.39. The number of nitro groups is 1. The van der Waals surface area contributed by atoms with Crippen LogP contribution in [-0.2, 0) is 16.2 Å². The van der Waals surface area contributed by atoms with Crippen molar-refractivity contribution in [2.75, 3.05) is 18.5 Å². The fourth-order valence-electron chi connectivity index (χ4n) is 3.64. The first-order valence-corrected chi connectivity index (χ1v) is 13.0. The molecule has 1 saturated heterocycles. The first kappa shape index (κ1) is 28.6. The molecule has 206 valence electrons. The minimum atomic E-state index is -0.669. The highest BCUT2D eigenvalue weighted by Gasteiger charge is 2.36. The summed E-state index contributed by atoms with van der Waals surface area (Å²) in [6.07, 6.45) is 1.45. The predicted molar refractivity (Wildman–Crippen MR) is 148 cm³/mol. The molecule has 0 atom stereocenters. The normalized spacial score (nSPS) is 14.0. The van der Waals surface area contributed by atoms with Gasteiger partial charge in [0.2, 0.25) is 5.91 Å². The van der Waals surface area contributed by atoms with Crippen molar-refractivity contribution >= 4 is 57.9 Å². The molecule has 0 unspecified atom stereocenters. The summed E-state index contributed by atoms with van der Waals surface area (Å²) in [5, 5.41) is 12.8. The smallest absolute Gasteiger partial charge is 0.294 e. The van der Waals surface area contributed by atoms with E-state index < -0.39 is 34.3 Å². The summed E-state index contributed by atoms with van der Waals surface area (Å²) in [5.41, 5.74) is 1.27. The molecule has 0 saturated carbocycles. The Balaban J connectivity index is 1.48. The van der Waals surface area contributed by atoms with E-state index in [0.717, 1.165) is 11.0 Å². The number of nitro benzene ring substituents is 1. The number of amides is 3. The number of ether oxygens (including phenoxy) is 2. The molecule has 0 aliphatic carbocycles. The van der Waals surface area contributed by atoms with Crippen LogP contribution in [0.1, 0.15) is 18.1 Å². The van der Waals surface area contributed by atoms with Gasteiger partial charge < -0.3 is 14.8 Å². The number of carbonyl (C=O) groups is 3. The third-order valence-electron chi connectivity index (χ3n) is 5.44. The molecule has 0 aromatic heterocycles. The van der Waals surface area contributed by atoms with E-state index in [9.17, 15) is 28.9 Å². The molecule has 1 heterocycles. The van der Waals surface area contributed by atoms with Gasteiger partial charge in [0.15, 0.2) is 11.5 Å². The number of halogens is 2. The van der Waals surface area contributed by atoms with E-state index in [-0.39, 0.29) is 46.0 Å². The van der Waals surface area contributed by atoms with Crippen LogP contribution in [0, 0.1) is 15.9 Å². The molecule has 1 aliphatic rings. The SMILES string of the molecule is CCOc1cc(/C=C2/SC(=O)N(CC(=O)Nc3cccc(F)c3)C2=O)cc(Cl)c1OCc1ccc([N+](=O)[O-])cc1. The van der Waals surface area contributed by atoms with Crippen molar-refractivity contribution in [1.29, 1.82) is 0 Å². The summed E-state index contributed by atoms with van der Waals surface area (Å²) >= 11 is 7.13. The van der Waals surface area contributed by atoms with E-state index in [1.807, 2.05) is 0 Å². The number of hydrogen-bond donors (Lipinski definition) is 1. The minimum absolute atomic E-state index is 0.0437. The summed E-state index contributed by atoms with van der Waals surface area (Å²) in [5.74, 6) is -1.35. The van der Waals surface area contributed by atoms with Crippen LogP contribution in [0.3, 0.4) is 0 Å². The lowest BCUT2D eigenvalue weighted by Crippen LogP contribution is -2.36. The highest BCUT2D eigenvalue weighted by molar-refractivity contribution is 8.18. The van der Waals surface area contributed by atoms with Gasteiger partial charge in [0.1, 0.15) is 19.0 Å². The summed E-state index contributed by atoms with van der Waals surface area (Å²) in [6, 6.07) is 14.2. The Morgan fingerprint density at radius 2 is 1.90 bits per heavy atom. The zero-order valence-corrected chi connectivity index (χ0v) is 22.5. The summed E-state index contributed by atoms with van der Waals surface area (Å²) in [7, 11) is 0. The van der Waals surface area contributed by atoms with Crippen molar-refractivity contribution < 1.29 is 33.2 Å². The third kappa shape index (κ3) is 6.96. The fourth-order valence-corrected chi connectivity index (χ4v) is 4.75. The van der Waals surface area contributed by atoms with Crippen molar-refractivity contribution in [1.82, 2.24) is 4.90 Å². The van der Waals surface area contributed by atoms with Gasteiger partial charge in [-0.25, -0.2) is 4.39 Å². The molecule has 3 aromatic rings. The van der Waals surface area contributed by atoms with Crippen LogP contribution >= 0.6 is 23.4 Å². The summed E-state index contributed by atoms with van der Waals surface area (Å²) in [6.45, 7) is 1.57. The Morgan fingerprint density at radius 3 is 2.58 bits per heavy atom. The van der Waals surface area contributed by atoms with Crippen molar-refractivity contribution in [2.45, 2.75) is 13.5 Å². The lowest BCUT2D eigenvalue weighted by molar-refractivity contribution is -0.384. The van der Waals surface area contributed by atoms with Gasteiger partial charge in [0.25, 0.3) is 16.8 Å². The van der Waals surface area contributed by atoms with Gasteiger partial charge in [-0.1, -0.05) is 17.7 Å². The van der Waals surface area contributed by atoms with Crippen LogP contribution in [0.25, 0.3) is 6.08 Å². The third-order valence-corrected chi connectivity index (χ3v) is 6.63. The van der Waals surface area contributed by atoms with Gasteiger partial charge in [0, 0.05) is 17.8 Å². The number of imide groups is 1. The molecule has 1 N–H and O–H groups in total. The lowest BCUT2D eigenvalue weighted by Gasteiger charge is -2.15. The zero-order chi connectivity index (χ0) is 28.8. The molecular formula is C27H21ClFN3O7S. The van der Waals surface area contributed by atoms with E-state index >= 15 is 0 Å². The van der Waals surface area contributed by atoms with Crippen molar-refractivity contribution in [2.24, 2.45) is 0 Å². The second kappa shape index (κ2) is 12.6. The van der Waals surface area contributed by atoms with Crippen molar-refractivity contribution in [3.63, 3.8) is 0 Å². The Hall–Kier alpha value is -4.42. The van der Waals surface area contributed by atoms with E-state index in [2.05, 4.69) is 5.32 Å². The maximum atomic E-state index is 13.4. The van der Waals surface area contributed by atoms with Crippen LogP contribution in [0.15, 0.2) is 65.6 Å². The first-order chi connectivity index (χ1) is 19.1. The van der Waals surface area contributed by atoms with Gasteiger partial charge in [-0.2, -0.15) is 0 Å². The Labute approximate surface area is 236 Å². The van der Waals surface area contributed by atoms with E-state index in [1.165, 1.54) is 42.5 Å². The van der Waals surface area contributed by atoms with Crippen LogP contribution < -0.4 is 14.8 Å². The molecule has 3 amide bonds. The average Bonchev–Trinajstić information content (AvgIpc) is 3.15. The summed E-state index contributed by atoms with van der Waals surface area (Å²) in [4.78, 5) is 48.9. The van der Waals surface area contributed by atoms with Crippen molar-refractivity contribution in [3.8, 4) is 11.5 Å². The predicted octanol–water partition coefficient (Wildman–Crippen LogP) is 6.04. The number of anilines is 1. The molecule has 10 nitrogen and oxygen atoms in total. The van der Waals surface area contributed by atoms with E-state index in [1.54, 1.807) is 25.1 Å². The second-order valence-corrected chi connectivity index (χ2v) is 9.70. The molecule has 4 rings (SSSR count). The van der Waals surface area contributed by atoms with Crippen LogP contribution in [0.5, 0.6) is 11.5 Å².